The molecule has 0 aliphatic rings. The van der Waals surface area contributed by atoms with Gasteiger partial charge < -0.3 is 10.3 Å². The molecule has 3 N–H and O–H groups in total. The molecule has 0 aliphatic carbocycles. The van der Waals surface area contributed by atoms with Crippen molar-refractivity contribution >= 4 is 32.5 Å². The topological polar surface area (TPSA) is 115 Å². The molecular formula is C25H22N4O3S. The fraction of sp³-hybridized carbons (Fsp3) is 0.120. The molecule has 0 saturated carbocycles. The van der Waals surface area contributed by atoms with Gasteiger partial charge in [0.25, 0.3) is 0 Å². The van der Waals surface area contributed by atoms with Crippen LogP contribution in [0.3, 0.4) is 0 Å². The summed E-state index contributed by atoms with van der Waals surface area (Å²) in [5, 5.41) is 12.8. The van der Waals surface area contributed by atoms with Crippen LogP contribution >= 0.6 is 0 Å². The Balaban J connectivity index is 1.51. The van der Waals surface area contributed by atoms with Crippen LogP contribution in [0.5, 0.6) is 0 Å². The second-order valence-electron chi connectivity index (χ2n) is 7.49. The first-order chi connectivity index (χ1) is 15.9. The maximum absolute atomic E-state index is 12.6. The maximum atomic E-state index is 12.6. The molecule has 7 nitrogen and oxygen atoms in total. The van der Waals surface area contributed by atoms with E-state index >= 15 is 0 Å². The molecule has 0 bridgehead atoms. The number of hydrogen-bond acceptors (Lipinski definition) is 4. The Morgan fingerprint density at radius 2 is 1.82 bits per heavy atom. The molecule has 1 aromatic heterocycles. The van der Waals surface area contributed by atoms with E-state index in [-0.39, 0.29) is 17.2 Å². The van der Waals surface area contributed by atoms with E-state index in [4.69, 9.17) is 5.26 Å². The SMILES string of the molecule is CCNS(=O)(=O)c1ccccc1-c1ccc(NC(=O)Cc2c[nH]c3ccc(C#N)cc23)cc1. The van der Waals surface area contributed by atoms with Crippen LogP contribution in [0.25, 0.3) is 22.0 Å². The van der Waals surface area contributed by atoms with Crippen molar-refractivity contribution in [2.24, 2.45) is 0 Å². The van der Waals surface area contributed by atoms with Crippen molar-refractivity contribution in [1.29, 1.82) is 5.26 Å². The van der Waals surface area contributed by atoms with E-state index in [0.717, 1.165) is 22.0 Å². The van der Waals surface area contributed by atoms with Crippen molar-refractivity contribution in [3.8, 4) is 17.2 Å². The van der Waals surface area contributed by atoms with Crippen LogP contribution in [0, 0.1) is 11.3 Å². The number of rotatable bonds is 7. The lowest BCUT2D eigenvalue weighted by molar-refractivity contribution is -0.115. The number of anilines is 1. The third kappa shape index (κ3) is 4.80. The molecule has 0 aliphatic heterocycles. The molecule has 0 unspecified atom stereocenters. The molecule has 0 saturated heterocycles. The van der Waals surface area contributed by atoms with Gasteiger partial charge in [0.2, 0.25) is 15.9 Å². The number of carbonyl (C=O) groups is 1. The fourth-order valence-corrected chi connectivity index (χ4v) is 4.98. The molecule has 4 rings (SSSR count). The lowest BCUT2D eigenvalue weighted by atomic mass is 10.1. The number of fused-ring (bicyclic) bond motifs is 1. The largest absolute Gasteiger partial charge is 0.361 e. The summed E-state index contributed by atoms with van der Waals surface area (Å²) in [6.45, 7) is 2.03. The van der Waals surface area contributed by atoms with Gasteiger partial charge in [-0.2, -0.15) is 5.26 Å². The van der Waals surface area contributed by atoms with E-state index < -0.39 is 10.0 Å². The van der Waals surface area contributed by atoms with Crippen LogP contribution in [-0.4, -0.2) is 25.9 Å². The summed E-state index contributed by atoms with van der Waals surface area (Å²) in [6.07, 6.45) is 1.93. The van der Waals surface area contributed by atoms with Crippen LogP contribution in [0.15, 0.2) is 77.8 Å². The predicted octanol–water partition coefficient (Wildman–Crippen LogP) is 4.19. The van der Waals surface area contributed by atoms with Crippen molar-refractivity contribution in [2.45, 2.75) is 18.2 Å². The number of sulfonamides is 1. The summed E-state index contributed by atoms with van der Waals surface area (Å²) in [4.78, 5) is 15.9. The standard InChI is InChI=1S/C25H22N4O3S/c1-2-28-33(31,32)24-6-4-3-5-21(24)18-8-10-20(11-9-18)29-25(30)14-19-16-27-23-12-7-17(15-26)13-22(19)23/h3-13,16,27-28H,2,14H2,1H3,(H,29,30). The Labute approximate surface area is 192 Å². The average molecular weight is 459 g/mol. The third-order valence-corrected chi connectivity index (χ3v) is 6.84. The molecule has 0 spiro atoms. The normalized spacial score (nSPS) is 11.3. The van der Waals surface area contributed by atoms with Gasteiger partial charge in [0.05, 0.1) is 22.9 Å². The van der Waals surface area contributed by atoms with Gasteiger partial charge in [0, 0.05) is 34.9 Å². The van der Waals surface area contributed by atoms with Crippen molar-refractivity contribution in [3.63, 3.8) is 0 Å². The molecule has 4 aromatic rings. The van der Waals surface area contributed by atoms with Crippen molar-refractivity contribution in [2.75, 3.05) is 11.9 Å². The number of aromatic amines is 1. The van der Waals surface area contributed by atoms with Crippen molar-refractivity contribution in [3.05, 3.63) is 84.1 Å². The third-order valence-electron chi connectivity index (χ3n) is 5.24. The highest BCUT2D eigenvalue weighted by Gasteiger charge is 2.18. The number of nitrogens with zero attached hydrogens (tertiary/aromatic N) is 1. The first kappa shape index (κ1) is 22.3. The monoisotopic (exact) mass is 458 g/mol. The minimum absolute atomic E-state index is 0.153. The molecule has 0 atom stereocenters. The number of benzene rings is 3. The van der Waals surface area contributed by atoms with Crippen LogP contribution in [0.1, 0.15) is 18.1 Å². The number of carbonyl (C=O) groups excluding carboxylic acids is 1. The quantitative estimate of drug-likeness (QED) is 0.385. The number of nitriles is 1. The molecule has 0 radical (unpaired) electrons. The van der Waals surface area contributed by atoms with Gasteiger partial charge in [-0.15, -0.1) is 0 Å². The van der Waals surface area contributed by atoms with E-state index in [1.165, 1.54) is 0 Å². The summed E-state index contributed by atoms with van der Waals surface area (Å²) in [5.41, 5.74) is 4.13. The summed E-state index contributed by atoms with van der Waals surface area (Å²) in [5.74, 6) is -0.193. The van der Waals surface area contributed by atoms with Crippen LogP contribution in [0.2, 0.25) is 0 Å². The van der Waals surface area contributed by atoms with Gasteiger partial charge in [-0.25, -0.2) is 13.1 Å². The molecule has 1 heterocycles. The van der Waals surface area contributed by atoms with E-state index in [1.807, 2.05) is 6.07 Å². The van der Waals surface area contributed by atoms with E-state index in [0.29, 0.717) is 23.4 Å². The lowest BCUT2D eigenvalue weighted by Gasteiger charge is -2.12. The van der Waals surface area contributed by atoms with Gasteiger partial charge in [-0.3, -0.25) is 4.79 Å². The van der Waals surface area contributed by atoms with E-state index in [2.05, 4.69) is 21.1 Å². The van der Waals surface area contributed by atoms with Gasteiger partial charge >= 0.3 is 0 Å². The summed E-state index contributed by atoms with van der Waals surface area (Å²) >= 11 is 0. The Hall–Kier alpha value is -3.93. The van der Waals surface area contributed by atoms with Crippen molar-refractivity contribution < 1.29 is 13.2 Å². The number of aromatic nitrogens is 1. The van der Waals surface area contributed by atoms with Gasteiger partial charge in [0.1, 0.15) is 0 Å². The molecule has 8 heteroatoms. The average Bonchev–Trinajstić information content (AvgIpc) is 3.21. The summed E-state index contributed by atoms with van der Waals surface area (Å²) < 4.78 is 27.6. The minimum Gasteiger partial charge on any atom is -0.361 e. The Morgan fingerprint density at radius 1 is 1.06 bits per heavy atom. The second kappa shape index (κ2) is 9.28. The van der Waals surface area contributed by atoms with Crippen LogP contribution in [0.4, 0.5) is 5.69 Å². The number of hydrogen-bond donors (Lipinski definition) is 3. The lowest BCUT2D eigenvalue weighted by Crippen LogP contribution is -2.23. The number of H-pyrrole nitrogens is 1. The first-order valence-corrected chi connectivity index (χ1v) is 11.9. The molecule has 3 aromatic carbocycles. The molecular weight excluding hydrogens is 436 g/mol. The van der Waals surface area contributed by atoms with Gasteiger partial charge in [0.15, 0.2) is 0 Å². The highest BCUT2D eigenvalue weighted by molar-refractivity contribution is 7.89. The molecule has 33 heavy (non-hydrogen) atoms. The highest BCUT2D eigenvalue weighted by atomic mass is 32.2. The first-order valence-electron chi connectivity index (χ1n) is 10.4. The summed E-state index contributed by atoms with van der Waals surface area (Å²) in [7, 11) is -3.61. The van der Waals surface area contributed by atoms with E-state index in [1.54, 1.807) is 73.8 Å². The molecule has 1 amide bonds. The molecule has 0 fully saturated rings. The van der Waals surface area contributed by atoms with Gasteiger partial charge in [-0.1, -0.05) is 37.3 Å². The zero-order valence-electron chi connectivity index (χ0n) is 17.9. The number of nitrogens with one attached hydrogen (secondary N) is 3. The summed E-state index contributed by atoms with van der Waals surface area (Å²) in [6, 6.07) is 21.3. The van der Waals surface area contributed by atoms with Crippen LogP contribution in [-0.2, 0) is 21.2 Å². The number of amides is 1. The Morgan fingerprint density at radius 3 is 2.55 bits per heavy atom. The Bertz CT molecular complexity index is 1470. The Kier molecular flexibility index (Phi) is 6.27. The predicted molar refractivity (Wildman–Crippen MR) is 128 cm³/mol. The van der Waals surface area contributed by atoms with Crippen molar-refractivity contribution in [1.82, 2.24) is 9.71 Å². The smallest absolute Gasteiger partial charge is 0.241 e. The fourth-order valence-electron chi connectivity index (χ4n) is 3.71. The minimum atomic E-state index is -3.61. The highest BCUT2D eigenvalue weighted by Crippen LogP contribution is 2.28. The van der Waals surface area contributed by atoms with Gasteiger partial charge in [-0.05, 0) is 47.5 Å². The zero-order valence-corrected chi connectivity index (χ0v) is 18.7. The van der Waals surface area contributed by atoms with E-state index in [9.17, 15) is 13.2 Å². The molecule has 166 valence electrons. The maximum Gasteiger partial charge on any atom is 0.241 e. The zero-order chi connectivity index (χ0) is 23.4. The second-order valence-corrected chi connectivity index (χ2v) is 9.22. The van der Waals surface area contributed by atoms with Crippen LogP contribution < -0.4 is 10.0 Å².